The Labute approximate surface area is 166 Å². The fourth-order valence-corrected chi connectivity index (χ4v) is 3.99. The summed E-state index contributed by atoms with van der Waals surface area (Å²) in [5.74, 6) is -1.05. The van der Waals surface area contributed by atoms with Gasteiger partial charge in [-0.25, -0.2) is 12.8 Å². The molecule has 0 fully saturated rings. The van der Waals surface area contributed by atoms with Crippen molar-refractivity contribution in [3.05, 3.63) is 90.4 Å². The lowest BCUT2D eigenvalue weighted by Gasteiger charge is -2.10. The summed E-state index contributed by atoms with van der Waals surface area (Å²) in [6.45, 7) is 0. The van der Waals surface area contributed by atoms with Gasteiger partial charge in [0.15, 0.2) is 0 Å². The number of hydrogen-bond acceptors (Lipinski definition) is 3. The van der Waals surface area contributed by atoms with Crippen molar-refractivity contribution in [1.29, 1.82) is 0 Å². The predicted octanol–water partition coefficient (Wildman–Crippen LogP) is 4.36. The van der Waals surface area contributed by atoms with E-state index in [0.29, 0.717) is 11.3 Å². The van der Waals surface area contributed by atoms with Crippen LogP contribution in [0, 0.1) is 5.82 Å². The minimum atomic E-state index is -3.98. The Kier molecular flexibility index (Phi) is 4.77. The molecule has 0 radical (unpaired) electrons. The molecule has 0 atom stereocenters. The molecule has 1 heterocycles. The summed E-state index contributed by atoms with van der Waals surface area (Å²) in [4.78, 5) is 15.5. The van der Waals surface area contributed by atoms with Crippen LogP contribution in [0.25, 0.3) is 10.9 Å². The van der Waals surface area contributed by atoms with E-state index in [2.05, 4.69) is 15.0 Å². The summed E-state index contributed by atoms with van der Waals surface area (Å²) in [5.41, 5.74) is 1.69. The number of nitrogens with one attached hydrogen (secondary N) is 3. The van der Waals surface area contributed by atoms with Gasteiger partial charge in [0.25, 0.3) is 15.9 Å². The van der Waals surface area contributed by atoms with Crippen molar-refractivity contribution in [2.75, 3.05) is 10.0 Å². The summed E-state index contributed by atoms with van der Waals surface area (Å²) in [7, 11) is -3.98. The number of carbonyl (C=O) groups excluding carboxylic acids is 1. The van der Waals surface area contributed by atoms with Gasteiger partial charge in [-0.05, 0) is 54.6 Å². The number of benzene rings is 3. The third-order valence-corrected chi connectivity index (χ3v) is 5.77. The highest BCUT2D eigenvalue weighted by atomic mass is 32.2. The molecule has 1 amide bonds. The maximum atomic E-state index is 13.7. The summed E-state index contributed by atoms with van der Waals surface area (Å²) in [6, 6.07) is 18.3. The molecule has 3 N–H and O–H groups in total. The van der Waals surface area contributed by atoms with Crippen LogP contribution >= 0.6 is 0 Å². The van der Waals surface area contributed by atoms with Crippen molar-refractivity contribution in [1.82, 2.24) is 4.98 Å². The Morgan fingerprint density at radius 2 is 1.59 bits per heavy atom. The Bertz CT molecular complexity index is 1300. The van der Waals surface area contributed by atoms with Crippen LogP contribution in [0.3, 0.4) is 0 Å². The van der Waals surface area contributed by atoms with Crippen molar-refractivity contribution >= 4 is 38.2 Å². The number of fused-ring (bicyclic) bond motifs is 1. The second-order valence-electron chi connectivity index (χ2n) is 6.31. The highest BCUT2D eigenvalue weighted by molar-refractivity contribution is 7.92. The third kappa shape index (κ3) is 3.83. The number of carbonyl (C=O) groups is 1. The van der Waals surface area contributed by atoms with Gasteiger partial charge >= 0.3 is 0 Å². The summed E-state index contributed by atoms with van der Waals surface area (Å²) >= 11 is 0. The van der Waals surface area contributed by atoms with Gasteiger partial charge in [-0.1, -0.05) is 18.2 Å². The van der Waals surface area contributed by atoms with Crippen molar-refractivity contribution in [3.63, 3.8) is 0 Å². The molecular formula is C21H16FN3O3S. The Morgan fingerprint density at radius 1 is 0.862 bits per heavy atom. The quantitative estimate of drug-likeness (QED) is 0.457. The number of hydrogen-bond donors (Lipinski definition) is 3. The lowest BCUT2D eigenvalue weighted by Crippen LogP contribution is -2.15. The van der Waals surface area contributed by atoms with Gasteiger partial charge in [0.05, 0.1) is 16.3 Å². The van der Waals surface area contributed by atoms with Crippen molar-refractivity contribution < 1.29 is 17.6 Å². The first-order valence-corrected chi connectivity index (χ1v) is 10.2. The molecule has 0 saturated heterocycles. The first-order chi connectivity index (χ1) is 13.9. The number of rotatable bonds is 5. The van der Waals surface area contributed by atoms with Gasteiger partial charge in [0, 0.05) is 22.7 Å². The molecular weight excluding hydrogens is 393 g/mol. The molecule has 29 heavy (non-hydrogen) atoms. The smallest absolute Gasteiger partial charge is 0.261 e. The first-order valence-electron chi connectivity index (χ1n) is 8.69. The van der Waals surface area contributed by atoms with Gasteiger partial charge in [0.1, 0.15) is 5.82 Å². The van der Waals surface area contributed by atoms with Crippen LogP contribution in [0.2, 0.25) is 0 Å². The zero-order valence-corrected chi connectivity index (χ0v) is 15.8. The number of para-hydroxylation sites is 1. The molecule has 0 aliphatic heterocycles. The molecule has 0 unspecified atom stereocenters. The topological polar surface area (TPSA) is 91.1 Å². The Hall–Kier alpha value is -3.65. The maximum absolute atomic E-state index is 13.7. The van der Waals surface area contributed by atoms with Gasteiger partial charge in [-0.3, -0.25) is 9.52 Å². The monoisotopic (exact) mass is 409 g/mol. The molecule has 0 aliphatic rings. The zero-order valence-electron chi connectivity index (χ0n) is 15.0. The average molecular weight is 409 g/mol. The standard InChI is InChI=1S/C21H16FN3O3S/c22-17-4-1-2-5-20(17)25-29(27,28)15-10-8-14(9-11-15)21(26)24-19-7-3-6-18-16(19)12-13-23-18/h1-13,23,25H,(H,24,26). The summed E-state index contributed by atoms with van der Waals surface area (Å²) in [5, 5.41) is 3.69. The number of amides is 1. The van der Waals surface area contributed by atoms with E-state index in [4.69, 9.17) is 0 Å². The Balaban J connectivity index is 1.53. The van der Waals surface area contributed by atoms with Crippen LogP contribution in [-0.4, -0.2) is 19.3 Å². The molecule has 4 aromatic rings. The van der Waals surface area contributed by atoms with E-state index in [1.165, 1.54) is 42.5 Å². The molecule has 3 aromatic carbocycles. The van der Waals surface area contributed by atoms with Gasteiger partial charge in [-0.15, -0.1) is 0 Å². The number of anilines is 2. The van der Waals surface area contributed by atoms with Gasteiger partial charge in [-0.2, -0.15) is 0 Å². The predicted molar refractivity (Wildman–Crippen MR) is 110 cm³/mol. The zero-order chi connectivity index (χ0) is 20.4. The second kappa shape index (κ2) is 7.40. The van der Waals surface area contributed by atoms with E-state index < -0.39 is 15.8 Å². The molecule has 1 aromatic heterocycles. The minimum Gasteiger partial charge on any atom is -0.361 e. The second-order valence-corrected chi connectivity index (χ2v) is 7.99. The number of halogens is 1. The van der Waals surface area contributed by atoms with E-state index in [9.17, 15) is 17.6 Å². The molecule has 146 valence electrons. The largest absolute Gasteiger partial charge is 0.361 e. The first kappa shape index (κ1) is 18.7. The molecule has 6 nitrogen and oxygen atoms in total. The molecule has 0 spiro atoms. The van der Waals surface area contributed by atoms with Crippen LogP contribution in [0.15, 0.2) is 83.9 Å². The van der Waals surface area contributed by atoms with Crippen molar-refractivity contribution in [3.8, 4) is 0 Å². The van der Waals surface area contributed by atoms with E-state index in [-0.39, 0.29) is 16.5 Å². The van der Waals surface area contributed by atoms with Crippen molar-refractivity contribution in [2.24, 2.45) is 0 Å². The third-order valence-electron chi connectivity index (χ3n) is 4.39. The molecule has 4 rings (SSSR count). The van der Waals surface area contributed by atoms with Crippen LogP contribution in [0.1, 0.15) is 10.4 Å². The van der Waals surface area contributed by atoms with Gasteiger partial charge < -0.3 is 10.3 Å². The van der Waals surface area contributed by atoms with E-state index >= 15 is 0 Å². The SMILES string of the molecule is O=C(Nc1cccc2[nH]ccc12)c1ccc(S(=O)(=O)Nc2ccccc2F)cc1. The normalized spacial score (nSPS) is 11.3. The van der Waals surface area contributed by atoms with Crippen LogP contribution in [0.5, 0.6) is 0 Å². The fraction of sp³-hybridized carbons (Fsp3) is 0. The number of aromatic nitrogens is 1. The van der Waals surface area contributed by atoms with Crippen molar-refractivity contribution in [2.45, 2.75) is 4.90 Å². The number of sulfonamides is 1. The van der Waals surface area contributed by atoms with Crippen LogP contribution in [0.4, 0.5) is 15.8 Å². The number of H-pyrrole nitrogens is 1. The molecule has 0 aliphatic carbocycles. The lowest BCUT2D eigenvalue weighted by molar-refractivity contribution is 0.102. The maximum Gasteiger partial charge on any atom is 0.261 e. The fourth-order valence-electron chi connectivity index (χ4n) is 2.92. The summed E-state index contributed by atoms with van der Waals surface area (Å²) < 4.78 is 40.8. The average Bonchev–Trinajstić information content (AvgIpc) is 3.20. The molecule has 8 heteroatoms. The Morgan fingerprint density at radius 3 is 2.34 bits per heavy atom. The van der Waals surface area contributed by atoms with Gasteiger partial charge in [0.2, 0.25) is 0 Å². The van der Waals surface area contributed by atoms with Crippen LogP contribution < -0.4 is 10.0 Å². The molecule has 0 saturated carbocycles. The van der Waals surface area contributed by atoms with Crippen LogP contribution in [-0.2, 0) is 10.0 Å². The highest BCUT2D eigenvalue weighted by Crippen LogP contribution is 2.23. The van der Waals surface area contributed by atoms with E-state index in [1.54, 1.807) is 12.3 Å². The number of aromatic amines is 1. The van der Waals surface area contributed by atoms with E-state index in [1.807, 2.05) is 18.2 Å². The highest BCUT2D eigenvalue weighted by Gasteiger charge is 2.17. The van der Waals surface area contributed by atoms with E-state index in [0.717, 1.165) is 17.0 Å². The minimum absolute atomic E-state index is 0.0787. The molecule has 0 bridgehead atoms. The summed E-state index contributed by atoms with van der Waals surface area (Å²) in [6.07, 6.45) is 1.78. The lowest BCUT2D eigenvalue weighted by atomic mass is 10.2.